The number of carbonyl (C=O) groups excluding carboxylic acids is 1. The molecule has 0 aliphatic carbocycles. The average molecular weight is 267 g/mol. The maximum absolute atomic E-state index is 12.0. The highest BCUT2D eigenvalue weighted by atomic mass is 32.2. The zero-order valence-corrected chi connectivity index (χ0v) is 11.7. The predicted octanol–water partition coefficient (Wildman–Crippen LogP) is 2.11. The Morgan fingerprint density at radius 3 is 2.78 bits per heavy atom. The molecule has 1 aromatic rings. The van der Waals surface area contributed by atoms with Gasteiger partial charge in [-0.05, 0) is 43.0 Å². The zero-order valence-electron chi connectivity index (χ0n) is 10.9. The molecule has 0 saturated heterocycles. The van der Waals surface area contributed by atoms with Crippen LogP contribution in [0.15, 0.2) is 18.2 Å². The lowest BCUT2D eigenvalue weighted by Crippen LogP contribution is -2.33. The second kappa shape index (κ2) is 7.16. The van der Waals surface area contributed by atoms with Gasteiger partial charge in [0.05, 0.1) is 5.56 Å². The van der Waals surface area contributed by atoms with Crippen LogP contribution in [0.25, 0.3) is 0 Å². The van der Waals surface area contributed by atoms with Crippen LogP contribution in [0.3, 0.4) is 0 Å². The predicted molar refractivity (Wildman–Crippen MR) is 79.8 cm³/mol. The normalized spacial score (nSPS) is 12.1. The molecule has 0 aliphatic heterocycles. The van der Waals surface area contributed by atoms with Gasteiger partial charge in [-0.15, -0.1) is 0 Å². The molecule has 1 aromatic carbocycles. The number of nitrogen functional groups attached to an aromatic ring is 2. The van der Waals surface area contributed by atoms with Gasteiger partial charge in [0.25, 0.3) is 5.91 Å². The topological polar surface area (TPSA) is 81.1 Å². The summed E-state index contributed by atoms with van der Waals surface area (Å²) in [6.07, 6.45) is 0.957. The van der Waals surface area contributed by atoms with Crippen molar-refractivity contribution in [2.24, 2.45) is 0 Å². The summed E-state index contributed by atoms with van der Waals surface area (Å²) >= 11 is 1.87. The molecule has 1 amide bonds. The van der Waals surface area contributed by atoms with E-state index in [0.29, 0.717) is 16.9 Å². The summed E-state index contributed by atoms with van der Waals surface area (Å²) in [5, 5.41) is 2.94. The Bertz CT molecular complexity index is 409. The Morgan fingerprint density at radius 2 is 2.17 bits per heavy atom. The Kier molecular flexibility index (Phi) is 5.85. The van der Waals surface area contributed by atoms with Crippen LogP contribution in [0.5, 0.6) is 0 Å². The third-order valence-corrected chi connectivity index (χ3v) is 3.53. The summed E-state index contributed by atoms with van der Waals surface area (Å²) < 4.78 is 0. The first kappa shape index (κ1) is 14.7. The van der Waals surface area contributed by atoms with E-state index in [9.17, 15) is 4.79 Å². The van der Waals surface area contributed by atoms with Gasteiger partial charge in [0.1, 0.15) is 0 Å². The minimum Gasteiger partial charge on any atom is -0.399 e. The highest BCUT2D eigenvalue weighted by Crippen LogP contribution is 2.16. The van der Waals surface area contributed by atoms with E-state index in [0.717, 1.165) is 17.9 Å². The molecule has 0 spiro atoms. The van der Waals surface area contributed by atoms with E-state index in [4.69, 9.17) is 11.5 Å². The molecule has 0 saturated carbocycles. The number of hydrogen-bond donors (Lipinski definition) is 3. The van der Waals surface area contributed by atoms with Gasteiger partial charge < -0.3 is 16.8 Å². The van der Waals surface area contributed by atoms with Gasteiger partial charge in [-0.3, -0.25) is 4.79 Å². The van der Waals surface area contributed by atoms with Crippen molar-refractivity contribution in [1.29, 1.82) is 0 Å². The third kappa shape index (κ3) is 4.49. The van der Waals surface area contributed by atoms with E-state index in [1.165, 1.54) is 0 Å². The molecule has 0 aliphatic rings. The molecular formula is C13H21N3OS. The van der Waals surface area contributed by atoms with E-state index in [2.05, 4.69) is 12.2 Å². The molecule has 4 nitrogen and oxygen atoms in total. The van der Waals surface area contributed by atoms with Crippen LogP contribution in [-0.4, -0.2) is 23.5 Å². The number of nitrogens with two attached hydrogens (primary N) is 2. The Labute approximate surface area is 113 Å². The van der Waals surface area contributed by atoms with Crippen molar-refractivity contribution in [3.63, 3.8) is 0 Å². The number of carbonyl (C=O) groups is 1. The third-order valence-electron chi connectivity index (χ3n) is 2.60. The summed E-state index contributed by atoms with van der Waals surface area (Å²) in [7, 11) is 0. The Morgan fingerprint density at radius 1 is 1.44 bits per heavy atom. The minimum atomic E-state index is -0.138. The zero-order chi connectivity index (χ0) is 13.5. The van der Waals surface area contributed by atoms with Gasteiger partial charge in [-0.1, -0.05) is 6.92 Å². The van der Waals surface area contributed by atoms with Crippen LogP contribution >= 0.6 is 11.8 Å². The molecule has 18 heavy (non-hydrogen) atoms. The average Bonchev–Trinajstić information content (AvgIpc) is 2.28. The quantitative estimate of drug-likeness (QED) is 0.544. The molecule has 5 heteroatoms. The highest BCUT2D eigenvalue weighted by Gasteiger charge is 2.12. The first-order valence-electron chi connectivity index (χ1n) is 6.08. The molecule has 5 N–H and O–H groups in total. The van der Waals surface area contributed by atoms with Crippen molar-refractivity contribution < 1.29 is 4.79 Å². The summed E-state index contributed by atoms with van der Waals surface area (Å²) in [6, 6.07) is 5.09. The van der Waals surface area contributed by atoms with Crippen LogP contribution in [0, 0.1) is 0 Å². The maximum atomic E-state index is 12.0. The molecule has 0 aromatic heterocycles. The van der Waals surface area contributed by atoms with E-state index in [1.807, 2.05) is 18.7 Å². The van der Waals surface area contributed by atoms with Gasteiger partial charge in [-0.25, -0.2) is 0 Å². The van der Waals surface area contributed by atoms with Crippen LogP contribution in [0.1, 0.15) is 30.6 Å². The smallest absolute Gasteiger partial charge is 0.253 e. The number of rotatable bonds is 6. The monoisotopic (exact) mass is 267 g/mol. The van der Waals surface area contributed by atoms with Crippen LogP contribution in [0.2, 0.25) is 0 Å². The van der Waals surface area contributed by atoms with Crippen LogP contribution < -0.4 is 16.8 Å². The Balaban J connectivity index is 2.54. The lowest BCUT2D eigenvalue weighted by molar-refractivity contribution is 0.0940. The van der Waals surface area contributed by atoms with Crippen molar-refractivity contribution in [3.8, 4) is 0 Å². The Hall–Kier alpha value is -1.36. The van der Waals surface area contributed by atoms with E-state index in [-0.39, 0.29) is 11.9 Å². The van der Waals surface area contributed by atoms with Crippen LogP contribution in [0.4, 0.5) is 11.4 Å². The fourth-order valence-electron chi connectivity index (χ4n) is 1.57. The van der Waals surface area contributed by atoms with E-state index in [1.54, 1.807) is 18.2 Å². The van der Waals surface area contributed by atoms with E-state index >= 15 is 0 Å². The second-order valence-corrected chi connectivity index (χ2v) is 5.60. The van der Waals surface area contributed by atoms with Crippen molar-refractivity contribution in [2.75, 3.05) is 23.0 Å². The van der Waals surface area contributed by atoms with Gasteiger partial charge >= 0.3 is 0 Å². The van der Waals surface area contributed by atoms with Crippen molar-refractivity contribution in [3.05, 3.63) is 23.8 Å². The van der Waals surface area contributed by atoms with Gasteiger partial charge in [0.15, 0.2) is 0 Å². The number of hydrogen-bond acceptors (Lipinski definition) is 4. The van der Waals surface area contributed by atoms with Gasteiger partial charge in [0.2, 0.25) is 0 Å². The standard InChI is InChI=1S/C13H21N3OS/c1-3-18-7-6-9(2)16-13(17)11-5-4-10(14)8-12(11)15/h4-5,8-9H,3,6-7,14-15H2,1-2H3,(H,16,17). The van der Waals surface area contributed by atoms with Crippen molar-refractivity contribution in [2.45, 2.75) is 26.3 Å². The number of benzene rings is 1. The molecular weight excluding hydrogens is 246 g/mol. The molecule has 1 unspecified atom stereocenters. The summed E-state index contributed by atoms with van der Waals surface area (Å²) in [4.78, 5) is 12.0. The minimum absolute atomic E-state index is 0.138. The van der Waals surface area contributed by atoms with E-state index < -0.39 is 0 Å². The number of thioether (sulfide) groups is 1. The first-order chi connectivity index (χ1) is 8.54. The lowest BCUT2D eigenvalue weighted by atomic mass is 10.1. The molecule has 0 radical (unpaired) electrons. The molecule has 100 valence electrons. The van der Waals surface area contributed by atoms with Crippen LogP contribution in [-0.2, 0) is 0 Å². The molecule has 1 atom stereocenters. The number of amides is 1. The van der Waals surface area contributed by atoms with Gasteiger partial charge in [0, 0.05) is 17.4 Å². The molecule has 0 bridgehead atoms. The lowest BCUT2D eigenvalue weighted by Gasteiger charge is -2.14. The summed E-state index contributed by atoms with van der Waals surface area (Å²) in [5.74, 6) is 2.02. The first-order valence-corrected chi connectivity index (χ1v) is 7.23. The molecule has 0 heterocycles. The second-order valence-electron chi connectivity index (χ2n) is 4.21. The summed E-state index contributed by atoms with van der Waals surface area (Å²) in [5.41, 5.74) is 12.8. The van der Waals surface area contributed by atoms with Gasteiger partial charge in [-0.2, -0.15) is 11.8 Å². The maximum Gasteiger partial charge on any atom is 0.253 e. The SMILES string of the molecule is CCSCCC(C)NC(=O)c1ccc(N)cc1N. The largest absolute Gasteiger partial charge is 0.399 e. The number of anilines is 2. The summed E-state index contributed by atoms with van der Waals surface area (Å²) in [6.45, 7) is 4.13. The fourth-order valence-corrected chi connectivity index (χ4v) is 2.38. The number of nitrogens with one attached hydrogen (secondary N) is 1. The van der Waals surface area contributed by atoms with Crippen molar-refractivity contribution >= 4 is 29.0 Å². The molecule has 1 rings (SSSR count). The van der Waals surface area contributed by atoms with Crippen molar-refractivity contribution in [1.82, 2.24) is 5.32 Å². The highest BCUT2D eigenvalue weighted by molar-refractivity contribution is 7.99. The fraction of sp³-hybridized carbons (Fsp3) is 0.462. The molecule has 0 fully saturated rings.